The molecule has 7 heteroatoms. The van der Waals surface area contributed by atoms with E-state index < -0.39 is 0 Å². The summed E-state index contributed by atoms with van der Waals surface area (Å²) in [6.07, 6.45) is 0. The number of rotatable bonds is 5. The molecule has 1 amide bonds. The Morgan fingerprint density at radius 2 is 1.88 bits per heavy atom. The zero-order valence-electron chi connectivity index (χ0n) is 14.9. The fraction of sp³-hybridized carbons (Fsp3) is 0.333. The molecule has 0 unspecified atom stereocenters. The Morgan fingerprint density at radius 3 is 2.60 bits per heavy atom. The summed E-state index contributed by atoms with van der Waals surface area (Å²) < 4.78 is 1.88. The molecule has 2 heterocycles. The second kappa shape index (κ2) is 7.23. The number of benzene rings is 1. The Bertz CT molecular complexity index is 904. The number of hydrogen-bond acceptors (Lipinski definition) is 5. The van der Waals surface area contributed by atoms with Crippen LogP contribution in [0.25, 0.3) is 5.78 Å². The van der Waals surface area contributed by atoms with E-state index in [0.717, 1.165) is 17.0 Å². The maximum absolute atomic E-state index is 12.4. The van der Waals surface area contributed by atoms with E-state index in [0.29, 0.717) is 23.2 Å². The Kier molecular flexibility index (Phi) is 5.03. The minimum Gasteiger partial charge on any atom is -0.341 e. The van der Waals surface area contributed by atoms with Crippen molar-refractivity contribution >= 4 is 23.4 Å². The first-order valence-electron chi connectivity index (χ1n) is 8.06. The lowest BCUT2D eigenvalue weighted by molar-refractivity contribution is -0.127. The van der Waals surface area contributed by atoms with Crippen molar-refractivity contribution in [1.29, 1.82) is 0 Å². The number of thioether (sulfide) groups is 1. The van der Waals surface area contributed by atoms with E-state index in [2.05, 4.69) is 46.4 Å². The quantitative estimate of drug-likeness (QED) is 0.659. The number of hydrogen-bond donors (Lipinski definition) is 0. The molecule has 0 fully saturated rings. The normalized spacial score (nSPS) is 11.0. The summed E-state index contributed by atoms with van der Waals surface area (Å²) in [4.78, 5) is 18.5. The Balaban J connectivity index is 1.65. The van der Waals surface area contributed by atoms with Crippen molar-refractivity contribution in [3.05, 3.63) is 52.8 Å². The topological polar surface area (TPSA) is 63.4 Å². The van der Waals surface area contributed by atoms with Crippen LogP contribution in [-0.2, 0) is 11.3 Å². The monoisotopic (exact) mass is 355 g/mol. The molecule has 6 nitrogen and oxygen atoms in total. The average Bonchev–Trinajstić information content (AvgIpc) is 2.97. The van der Waals surface area contributed by atoms with Crippen molar-refractivity contribution in [2.24, 2.45) is 0 Å². The summed E-state index contributed by atoms with van der Waals surface area (Å²) in [7, 11) is 1.82. The Hall–Kier alpha value is -2.41. The van der Waals surface area contributed by atoms with E-state index in [1.165, 1.54) is 17.3 Å². The standard InChI is InChI=1S/C18H21N5OS/c1-12-5-7-15(8-6-12)10-22(4)16(24)11-25-18-21-20-17-19-13(2)9-14(3)23(17)18/h5-9H,10-11H2,1-4H3. The third kappa shape index (κ3) is 3.99. The van der Waals surface area contributed by atoms with Crippen molar-refractivity contribution in [3.63, 3.8) is 0 Å². The van der Waals surface area contributed by atoms with Crippen molar-refractivity contribution in [2.45, 2.75) is 32.5 Å². The van der Waals surface area contributed by atoms with Gasteiger partial charge in [-0.25, -0.2) is 4.98 Å². The van der Waals surface area contributed by atoms with E-state index in [4.69, 9.17) is 0 Å². The van der Waals surface area contributed by atoms with E-state index in [1.807, 2.05) is 31.4 Å². The van der Waals surface area contributed by atoms with Gasteiger partial charge in [0, 0.05) is 25.0 Å². The largest absolute Gasteiger partial charge is 0.341 e. The molecular formula is C18H21N5OS. The van der Waals surface area contributed by atoms with Gasteiger partial charge in [0.2, 0.25) is 5.91 Å². The van der Waals surface area contributed by atoms with Gasteiger partial charge >= 0.3 is 0 Å². The number of aromatic nitrogens is 4. The number of aryl methyl sites for hydroxylation is 3. The van der Waals surface area contributed by atoms with Gasteiger partial charge in [0.1, 0.15) is 0 Å². The van der Waals surface area contributed by atoms with Crippen LogP contribution in [0.15, 0.2) is 35.5 Å². The van der Waals surface area contributed by atoms with Gasteiger partial charge in [0.25, 0.3) is 5.78 Å². The van der Waals surface area contributed by atoms with Gasteiger partial charge in [-0.3, -0.25) is 9.20 Å². The average molecular weight is 355 g/mol. The van der Waals surface area contributed by atoms with Crippen LogP contribution < -0.4 is 0 Å². The van der Waals surface area contributed by atoms with Gasteiger partial charge in [-0.1, -0.05) is 41.6 Å². The molecule has 3 rings (SSSR count). The lowest BCUT2D eigenvalue weighted by atomic mass is 10.1. The van der Waals surface area contributed by atoms with E-state index in [-0.39, 0.29) is 5.91 Å². The van der Waals surface area contributed by atoms with Gasteiger partial charge < -0.3 is 4.90 Å². The molecule has 0 saturated heterocycles. The molecule has 0 N–H and O–H groups in total. The zero-order valence-corrected chi connectivity index (χ0v) is 15.7. The van der Waals surface area contributed by atoms with Gasteiger partial charge in [0.15, 0.2) is 5.16 Å². The van der Waals surface area contributed by atoms with Crippen molar-refractivity contribution in [1.82, 2.24) is 24.5 Å². The van der Waals surface area contributed by atoms with Crippen LogP contribution in [0.1, 0.15) is 22.5 Å². The lowest BCUT2D eigenvalue weighted by Gasteiger charge is -2.17. The predicted molar refractivity (Wildman–Crippen MR) is 98.6 cm³/mol. The smallest absolute Gasteiger partial charge is 0.256 e. The van der Waals surface area contributed by atoms with E-state index in [9.17, 15) is 4.79 Å². The minimum absolute atomic E-state index is 0.0556. The second-order valence-corrected chi connectivity index (χ2v) is 7.12. The molecule has 1 aromatic carbocycles. The molecule has 0 aliphatic carbocycles. The highest BCUT2D eigenvalue weighted by atomic mass is 32.2. The van der Waals surface area contributed by atoms with E-state index >= 15 is 0 Å². The molecule has 130 valence electrons. The highest BCUT2D eigenvalue weighted by Crippen LogP contribution is 2.19. The number of carbonyl (C=O) groups excluding carboxylic acids is 1. The van der Waals surface area contributed by atoms with Crippen LogP contribution in [0.5, 0.6) is 0 Å². The molecule has 25 heavy (non-hydrogen) atoms. The maximum Gasteiger partial charge on any atom is 0.256 e. The fourth-order valence-electron chi connectivity index (χ4n) is 2.59. The summed E-state index contributed by atoms with van der Waals surface area (Å²) in [5.74, 6) is 0.941. The van der Waals surface area contributed by atoms with Crippen LogP contribution >= 0.6 is 11.8 Å². The van der Waals surface area contributed by atoms with Crippen LogP contribution in [-0.4, -0.2) is 43.2 Å². The molecule has 0 radical (unpaired) electrons. The zero-order chi connectivity index (χ0) is 18.0. The molecule has 2 aromatic heterocycles. The molecule has 0 spiro atoms. The minimum atomic E-state index is 0.0556. The summed E-state index contributed by atoms with van der Waals surface area (Å²) in [5.41, 5.74) is 4.25. The van der Waals surface area contributed by atoms with Crippen LogP contribution in [0, 0.1) is 20.8 Å². The molecule has 0 aliphatic rings. The SMILES string of the molecule is Cc1ccc(CN(C)C(=O)CSc2nnc3nc(C)cc(C)n23)cc1. The molecular weight excluding hydrogens is 334 g/mol. The Labute approximate surface area is 151 Å². The van der Waals surface area contributed by atoms with Gasteiger partial charge in [-0.2, -0.15) is 0 Å². The summed E-state index contributed by atoms with van der Waals surface area (Å²) in [6, 6.07) is 10.2. The molecule has 0 bridgehead atoms. The number of nitrogens with zero attached hydrogens (tertiary/aromatic N) is 5. The number of carbonyl (C=O) groups is 1. The first-order chi connectivity index (χ1) is 11.9. The lowest BCUT2D eigenvalue weighted by Crippen LogP contribution is -2.27. The maximum atomic E-state index is 12.4. The summed E-state index contributed by atoms with van der Waals surface area (Å²) >= 11 is 1.38. The predicted octanol–water partition coefficient (Wildman–Crippen LogP) is 2.80. The molecule has 0 saturated carbocycles. The highest BCUT2D eigenvalue weighted by Gasteiger charge is 2.14. The number of fused-ring (bicyclic) bond motifs is 1. The van der Waals surface area contributed by atoms with Crippen LogP contribution in [0.4, 0.5) is 0 Å². The Morgan fingerprint density at radius 1 is 1.16 bits per heavy atom. The van der Waals surface area contributed by atoms with Gasteiger partial charge in [-0.15, -0.1) is 10.2 Å². The molecule has 0 aliphatic heterocycles. The van der Waals surface area contributed by atoms with Crippen LogP contribution in [0.2, 0.25) is 0 Å². The highest BCUT2D eigenvalue weighted by molar-refractivity contribution is 7.99. The second-order valence-electron chi connectivity index (χ2n) is 6.18. The first kappa shape index (κ1) is 17.4. The third-order valence-corrected chi connectivity index (χ3v) is 4.87. The molecule has 0 atom stereocenters. The summed E-state index contributed by atoms with van der Waals surface area (Å²) in [5, 5.41) is 8.95. The van der Waals surface area contributed by atoms with E-state index in [1.54, 1.807) is 4.90 Å². The molecule has 3 aromatic rings. The summed E-state index contributed by atoms with van der Waals surface area (Å²) in [6.45, 7) is 6.56. The van der Waals surface area contributed by atoms with Gasteiger partial charge in [-0.05, 0) is 32.4 Å². The van der Waals surface area contributed by atoms with Crippen molar-refractivity contribution in [3.8, 4) is 0 Å². The number of amides is 1. The van der Waals surface area contributed by atoms with Crippen molar-refractivity contribution in [2.75, 3.05) is 12.8 Å². The third-order valence-electron chi connectivity index (χ3n) is 3.95. The first-order valence-corrected chi connectivity index (χ1v) is 9.04. The fourth-order valence-corrected chi connectivity index (χ4v) is 3.51. The van der Waals surface area contributed by atoms with Crippen LogP contribution in [0.3, 0.4) is 0 Å². The van der Waals surface area contributed by atoms with Gasteiger partial charge in [0.05, 0.1) is 5.75 Å². The van der Waals surface area contributed by atoms with Crippen molar-refractivity contribution < 1.29 is 4.79 Å².